The van der Waals surface area contributed by atoms with Gasteiger partial charge in [-0.1, -0.05) is 0 Å². The summed E-state index contributed by atoms with van der Waals surface area (Å²) in [6.07, 6.45) is 0. The summed E-state index contributed by atoms with van der Waals surface area (Å²) in [6, 6.07) is 1.79. The molecule has 0 saturated heterocycles. The molecule has 1 rings (SSSR count). The third-order valence-electron chi connectivity index (χ3n) is 2.34. The molecule has 0 aliphatic carbocycles. The predicted octanol–water partition coefficient (Wildman–Crippen LogP) is 1.18. The molecule has 0 aliphatic heterocycles. The number of nitrogens with zero attached hydrogens (tertiary/aromatic N) is 1. The molecule has 0 aliphatic rings. The first kappa shape index (κ1) is 12.0. The van der Waals surface area contributed by atoms with E-state index in [2.05, 4.69) is 0 Å². The van der Waals surface area contributed by atoms with Crippen LogP contribution in [0.15, 0.2) is 11.4 Å². The van der Waals surface area contributed by atoms with Gasteiger partial charge in [0.2, 0.25) is 0 Å². The molecule has 0 bridgehead atoms. The summed E-state index contributed by atoms with van der Waals surface area (Å²) in [4.78, 5) is 14.2. The summed E-state index contributed by atoms with van der Waals surface area (Å²) in [7, 11) is 3.34. The number of carbonyl (C=O) groups excluding carboxylic acids is 1. The highest BCUT2D eigenvalue weighted by molar-refractivity contribution is 7.12. The molecule has 0 fully saturated rings. The van der Waals surface area contributed by atoms with Crippen molar-refractivity contribution in [1.82, 2.24) is 4.90 Å². The van der Waals surface area contributed by atoms with Gasteiger partial charge in [-0.25, -0.2) is 0 Å². The van der Waals surface area contributed by atoms with Crippen LogP contribution in [0, 0.1) is 0 Å². The zero-order chi connectivity index (χ0) is 11.4. The number of thiophene rings is 1. The minimum absolute atomic E-state index is 0.0127. The molecule has 0 spiro atoms. The van der Waals surface area contributed by atoms with E-state index in [1.165, 1.54) is 11.3 Å². The van der Waals surface area contributed by atoms with Crippen molar-refractivity contribution in [2.75, 3.05) is 20.7 Å². The van der Waals surface area contributed by atoms with Crippen LogP contribution < -0.4 is 10.5 Å². The number of amides is 1. The lowest BCUT2D eigenvalue weighted by molar-refractivity contribution is 0.0753. The van der Waals surface area contributed by atoms with Crippen molar-refractivity contribution in [3.63, 3.8) is 0 Å². The minimum atomic E-state index is -0.0127. The monoisotopic (exact) mass is 228 g/mol. The predicted molar refractivity (Wildman–Crippen MR) is 61.5 cm³/mol. The average molecular weight is 228 g/mol. The van der Waals surface area contributed by atoms with Crippen LogP contribution in [0.25, 0.3) is 0 Å². The summed E-state index contributed by atoms with van der Waals surface area (Å²) in [5.74, 6) is 0.707. The molecule has 0 radical (unpaired) electrons. The molecule has 1 unspecified atom stereocenters. The van der Waals surface area contributed by atoms with Crippen molar-refractivity contribution in [3.05, 3.63) is 16.3 Å². The number of likely N-dealkylation sites (N-methyl/N-ethyl adjacent to an activating group) is 1. The van der Waals surface area contributed by atoms with E-state index < -0.39 is 0 Å². The first-order chi connectivity index (χ1) is 7.10. The number of nitrogens with two attached hydrogens (primary N) is 1. The Balaban J connectivity index is 2.75. The van der Waals surface area contributed by atoms with Crippen molar-refractivity contribution >= 4 is 17.2 Å². The first-order valence-electron chi connectivity index (χ1n) is 4.70. The number of methoxy groups -OCH3 is 1. The highest BCUT2D eigenvalue weighted by atomic mass is 32.1. The van der Waals surface area contributed by atoms with E-state index in [0.717, 1.165) is 5.75 Å². The fourth-order valence-corrected chi connectivity index (χ4v) is 1.91. The van der Waals surface area contributed by atoms with E-state index in [-0.39, 0.29) is 11.9 Å². The highest BCUT2D eigenvalue weighted by Crippen LogP contribution is 2.22. The third kappa shape index (κ3) is 2.70. The zero-order valence-electron chi connectivity index (χ0n) is 9.19. The number of carbonyl (C=O) groups is 1. The number of hydrogen-bond donors (Lipinski definition) is 1. The maximum atomic E-state index is 11.9. The van der Waals surface area contributed by atoms with Crippen LogP contribution in [-0.4, -0.2) is 37.6 Å². The lowest BCUT2D eigenvalue weighted by Crippen LogP contribution is -2.39. The van der Waals surface area contributed by atoms with Gasteiger partial charge in [0.1, 0.15) is 5.75 Å². The fraction of sp³-hybridized carbons (Fsp3) is 0.500. The molecular weight excluding hydrogens is 212 g/mol. The van der Waals surface area contributed by atoms with Crippen molar-refractivity contribution in [1.29, 1.82) is 0 Å². The second kappa shape index (κ2) is 5.14. The molecule has 0 saturated carbocycles. The molecule has 5 heteroatoms. The van der Waals surface area contributed by atoms with E-state index >= 15 is 0 Å². The van der Waals surface area contributed by atoms with Crippen molar-refractivity contribution in [2.24, 2.45) is 5.73 Å². The van der Waals surface area contributed by atoms with Gasteiger partial charge in [-0.3, -0.25) is 4.79 Å². The van der Waals surface area contributed by atoms with Crippen LogP contribution in [0.3, 0.4) is 0 Å². The van der Waals surface area contributed by atoms with Gasteiger partial charge >= 0.3 is 0 Å². The summed E-state index contributed by atoms with van der Waals surface area (Å²) in [6.45, 7) is 2.38. The molecule has 1 aromatic heterocycles. The van der Waals surface area contributed by atoms with Gasteiger partial charge < -0.3 is 15.4 Å². The quantitative estimate of drug-likeness (QED) is 0.841. The molecule has 0 aromatic carbocycles. The Labute approximate surface area is 93.6 Å². The van der Waals surface area contributed by atoms with E-state index in [1.54, 1.807) is 25.1 Å². The molecular formula is C10H16N2O2S. The molecule has 1 aromatic rings. The fourth-order valence-electron chi connectivity index (χ4n) is 1.07. The standard InChI is InChI=1S/C10H16N2O2S/c1-7(5-11)12(2)10(13)9-4-8(14-3)6-15-9/h4,6-7H,5,11H2,1-3H3. The van der Waals surface area contributed by atoms with Crippen LogP contribution in [-0.2, 0) is 0 Å². The van der Waals surface area contributed by atoms with Crippen molar-refractivity contribution in [3.8, 4) is 5.75 Å². The zero-order valence-corrected chi connectivity index (χ0v) is 10.0. The molecule has 1 atom stereocenters. The number of ether oxygens (including phenoxy) is 1. The van der Waals surface area contributed by atoms with Gasteiger partial charge in [0, 0.05) is 31.1 Å². The molecule has 2 N–H and O–H groups in total. The Hall–Kier alpha value is -1.07. The second-order valence-electron chi connectivity index (χ2n) is 3.35. The van der Waals surface area contributed by atoms with Gasteiger partial charge in [-0.05, 0) is 6.92 Å². The van der Waals surface area contributed by atoms with E-state index in [9.17, 15) is 4.79 Å². The summed E-state index contributed by atoms with van der Waals surface area (Å²) < 4.78 is 5.03. The van der Waals surface area contributed by atoms with Crippen LogP contribution in [0.5, 0.6) is 5.75 Å². The largest absolute Gasteiger partial charge is 0.496 e. The maximum Gasteiger partial charge on any atom is 0.264 e. The molecule has 1 amide bonds. The maximum absolute atomic E-state index is 11.9. The van der Waals surface area contributed by atoms with E-state index in [0.29, 0.717) is 11.4 Å². The minimum Gasteiger partial charge on any atom is -0.496 e. The number of rotatable bonds is 4. The van der Waals surface area contributed by atoms with E-state index in [4.69, 9.17) is 10.5 Å². The summed E-state index contributed by atoms with van der Waals surface area (Å²) >= 11 is 1.38. The smallest absolute Gasteiger partial charge is 0.264 e. The van der Waals surface area contributed by atoms with Crippen LogP contribution in [0.1, 0.15) is 16.6 Å². The van der Waals surface area contributed by atoms with Crippen molar-refractivity contribution in [2.45, 2.75) is 13.0 Å². The van der Waals surface area contributed by atoms with Gasteiger partial charge in [0.25, 0.3) is 5.91 Å². The Kier molecular flexibility index (Phi) is 4.11. The van der Waals surface area contributed by atoms with Gasteiger partial charge in [0.05, 0.1) is 12.0 Å². The van der Waals surface area contributed by atoms with Crippen LogP contribution in [0.2, 0.25) is 0 Å². The second-order valence-corrected chi connectivity index (χ2v) is 4.26. The number of hydrogen-bond acceptors (Lipinski definition) is 4. The first-order valence-corrected chi connectivity index (χ1v) is 5.57. The third-order valence-corrected chi connectivity index (χ3v) is 3.24. The summed E-state index contributed by atoms with van der Waals surface area (Å²) in [5, 5.41) is 1.81. The average Bonchev–Trinajstić information content (AvgIpc) is 2.74. The molecule has 4 nitrogen and oxygen atoms in total. The van der Waals surface area contributed by atoms with Crippen LogP contribution in [0.4, 0.5) is 0 Å². The van der Waals surface area contributed by atoms with Crippen LogP contribution >= 0.6 is 11.3 Å². The Morgan fingerprint density at radius 2 is 2.40 bits per heavy atom. The molecule has 1 heterocycles. The van der Waals surface area contributed by atoms with Gasteiger partial charge in [0.15, 0.2) is 0 Å². The Morgan fingerprint density at radius 1 is 1.73 bits per heavy atom. The Morgan fingerprint density at radius 3 is 2.87 bits per heavy atom. The lowest BCUT2D eigenvalue weighted by Gasteiger charge is -2.22. The van der Waals surface area contributed by atoms with E-state index in [1.807, 2.05) is 12.3 Å². The normalized spacial score (nSPS) is 12.3. The molecule has 15 heavy (non-hydrogen) atoms. The van der Waals surface area contributed by atoms with Gasteiger partial charge in [-0.2, -0.15) is 0 Å². The Bertz CT molecular complexity index is 338. The summed E-state index contributed by atoms with van der Waals surface area (Å²) in [5.41, 5.74) is 5.51. The topological polar surface area (TPSA) is 55.6 Å². The lowest BCUT2D eigenvalue weighted by atomic mass is 10.3. The van der Waals surface area contributed by atoms with Crippen molar-refractivity contribution < 1.29 is 9.53 Å². The highest BCUT2D eigenvalue weighted by Gasteiger charge is 2.18. The van der Waals surface area contributed by atoms with Gasteiger partial charge in [-0.15, -0.1) is 11.3 Å². The molecule has 84 valence electrons. The SMILES string of the molecule is COc1csc(C(=O)N(C)C(C)CN)c1.